The van der Waals surface area contributed by atoms with Gasteiger partial charge in [-0.25, -0.2) is 8.42 Å². The van der Waals surface area contributed by atoms with Crippen molar-refractivity contribution in [2.75, 3.05) is 42.5 Å². The Bertz CT molecular complexity index is 850. The second kappa shape index (κ2) is 8.16. The van der Waals surface area contributed by atoms with Crippen molar-refractivity contribution in [2.45, 2.75) is 11.8 Å². The third-order valence-electron chi connectivity index (χ3n) is 4.02. The molecule has 0 atom stereocenters. The van der Waals surface area contributed by atoms with E-state index in [0.29, 0.717) is 36.3 Å². The maximum absolute atomic E-state index is 12.7. The highest BCUT2D eigenvalue weighted by Crippen LogP contribution is 2.30. The van der Waals surface area contributed by atoms with Gasteiger partial charge in [0.15, 0.2) is 0 Å². The van der Waals surface area contributed by atoms with E-state index in [1.807, 2.05) is 13.0 Å². The first kappa shape index (κ1) is 18.8. The summed E-state index contributed by atoms with van der Waals surface area (Å²) in [4.78, 5) is 2.28. The maximum atomic E-state index is 12.7. The van der Waals surface area contributed by atoms with Crippen LogP contribution in [0, 0.1) is 0 Å². The van der Waals surface area contributed by atoms with Gasteiger partial charge in [0.2, 0.25) is 0 Å². The fourth-order valence-electron chi connectivity index (χ4n) is 2.70. The molecule has 0 aliphatic carbocycles. The second-order valence-electron chi connectivity index (χ2n) is 5.77. The Morgan fingerprint density at radius 3 is 2.50 bits per heavy atom. The Hall–Kier alpha value is -1.96. The van der Waals surface area contributed by atoms with Crippen molar-refractivity contribution in [3.63, 3.8) is 0 Å². The van der Waals surface area contributed by atoms with E-state index in [2.05, 4.69) is 9.62 Å². The van der Waals surface area contributed by atoms with E-state index in [1.165, 1.54) is 12.1 Å². The molecule has 0 saturated carbocycles. The predicted octanol–water partition coefficient (Wildman–Crippen LogP) is 3.38. The normalized spacial score (nSPS) is 14.9. The molecule has 0 amide bonds. The van der Waals surface area contributed by atoms with E-state index in [4.69, 9.17) is 21.1 Å². The van der Waals surface area contributed by atoms with Gasteiger partial charge in [0, 0.05) is 18.8 Å². The Labute approximate surface area is 158 Å². The molecule has 2 aromatic rings. The predicted molar refractivity (Wildman–Crippen MR) is 103 cm³/mol. The highest BCUT2D eigenvalue weighted by molar-refractivity contribution is 7.92. The molecule has 1 aliphatic heterocycles. The number of nitrogens with one attached hydrogen (secondary N) is 1. The summed E-state index contributed by atoms with van der Waals surface area (Å²) in [5, 5.41) is 0.344. The van der Waals surface area contributed by atoms with Crippen LogP contribution in [0.4, 0.5) is 11.4 Å². The van der Waals surface area contributed by atoms with E-state index < -0.39 is 10.0 Å². The smallest absolute Gasteiger partial charge is 0.261 e. The van der Waals surface area contributed by atoms with Crippen LogP contribution in [0.1, 0.15) is 6.92 Å². The van der Waals surface area contributed by atoms with Crippen LogP contribution in [0.5, 0.6) is 5.75 Å². The van der Waals surface area contributed by atoms with Crippen LogP contribution >= 0.6 is 11.6 Å². The zero-order valence-electron chi connectivity index (χ0n) is 14.4. The van der Waals surface area contributed by atoms with Gasteiger partial charge in [-0.1, -0.05) is 11.6 Å². The van der Waals surface area contributed by atoms with Crippen molar-refractivity contribution in [1.82, 2.24) is 0 Å². The lowest BCUT2D eigenvalue weighted by molar-refractivity contribution is 0.122. The lowest BCUT2D eigenvalue weighted by Crippen LogP contribution is -2.36. The van der Waals surface area contributed by atoms with Crippen LogP contribution in [0.25, 0.3) is 0 Å². The van der Waals surface area contributed by atoms with Crippen LogP contribution < -0.4 is 14.4 Å². The first-order valence-electron chi connectivity index (χ1n) is 8.37. The van der Waals surface area contributed by atoms with Crippen LogP contribution in [0.3, 0.4) is 0 Å². The zero-order chi connectivity index (χ0) is 18.6. The van der Waals surface area contributed by atoms with Crippen LogP contribution in [0.2, 0.25) is 5.02 Å². The first-order valence-corrected chi connectivity index (χ1v) is 10.2. The molecule has 1 fully saturated rings. The number of ether oxygens (including phenoxy) is 2. The number of hydrogen-bond donors (Lipinski definition) is 1. The van der Waals surface area contributed by atoms with Crippen molar-refractivity contribution < 1.29 is 17.9 Å². The Morgan fingerprint density at radius 2 is 1.85 bits per heavy atom. The Balaban J connectivity index is 1.82. The molecule has 8 heteroatoms. The summed E-state index contributed by atoms with van der Waals surface area (Å²) < 4.78 is 38.6. The number of benzene rings is 2. The maximum Gasteiger partial charge on any atom is 0.261 e. The largest absolute Gasteiger partial charge is 0.494 e. The Morgan fingerprint density at radius 1 is 1.15 bits per heavy atom. The van der Waals surface area contributed by atoms with E-state index in [9.17, 15) is 8.42 Å². The number of sulfonamides is 1. The summed E-state index contributed by atoms with van der Waals surface area (Å²) in [7, 11) is -3.75. The molecule has 0 radical (unpaired) electrons. The second-order valence-corrected chi connectivity index (χ2v) is 7.86. The van der Waals surface area contributed by atoms with Crippen LogP contribution in [0.15, 0.2) is 47.4 Å². The molecule has 6 nitrogen and oxygen atoms in total. The standard InChI is InChI=1S/C18H21ClN2O4S/c1-2-25-15-4-6-16(7-5-15)26(22,23)20-18-13-14(3-8-17(18)19)21-9-11-24-12-10-21/h3-8,13,20H,2,9-12H2,1H3. The fourth-order valence-corrected chi connectivity index (χ4v) is 3.99. The van der Waals surface area contributed by atoms with Crippen molar-refractivity contribution in [1.29, 1.82) is 0 Å². The summed E-state index contributed by atoms with van der Waals surface area (Å²) in [6.45, 7) is 5.20. The number of anilines is 2. The topological polar surface area (TPSA) is 67.9 Å². The number of morpholine rings is 1. The van der Waals surface area contributed by atoms with Crippen molar-refractivity contribution in [2.24, 2.45) is 0 Å². The van der Waals surface area contributed by atoms with Gasteiger partial charge in [-0.15, -0.1) is 0 Å². The molecule has 26 heavy (non-hydrogen) atoms. The minimum absolute atomic E-state index is 0.147. The van der Waals surface area contributed by atoms with Gasteiger partial charge in [0.05, 0.1) is 35.4 Å². The number of hydrogen-bond acceptors (Lipinski definition) is 5. The van der Waals surface area contributed by atoms with Crippen LogP contribution in [-0.4, -0.2) is 41.3 Å². The van der Waals surface area contributed by atoms with Crippen molar-refractivity contribution >= 4 is 33.0 Å². The van der Waals surface area contributed by atoms with Crippen molar-refractivity contribution in [3.8, 4) is 5.75 Å². The van der Waals surface area contributed by atoms with Gasteiger partial charge >= 0.3 is 0 Å². The summed E-state index contributed by atoms with van der Waals surface area (Å²) in [6, 6.07) is 11.6. The molecular weight excluding hydrogens is 376 g/mol. The molecule has 1 heterocycles. The monoisotopic (exact) mass is 396 g/mol. The van der Waals surface area contributed by atoms with E-state index in [-0.39, 0.29) is 4.90 Å². The van der Waals surface area contributed by atoms with E-state index >= 15 is 0 Å². The molecule has 2 aromatic carbocycles. The lowest BCUT2D eigenvalue weighted by atomic mass is 10.2. The molecule has 1 saturated heterocycles. The minimum Gasteiger partial charge on any atom is -0.494 e. The molecule has 1 aliphatic rings. The average Bonchev–Trinajstić information content (AvgIpc) is 2.65. The SMILES string of the molecule is CCOc1ccc(S(=O)(=O)Nc2cc(N3CCOCC3)ccc2Cl)cc1. The molecule has 0 bridgehead atoms. The third-order valence-corrected chi connectivity index (χ3v) is 5.73. The molecule has 1 N–H and O–H groups in total. The highest BCUT2D eigenvalue weighted by atomic mass is 35.5. The van der Waals surface area contributed by atoms with E-state index in [1.54, 1.807) is 24.3 Å². The molecular formula is C18H21ClN2O4S. The molecule has 3 rings (SSSR count). The third kappa shape index (κ3) is 4.41. The summed E-state index contributed by atoms with van der Waals surface area (Å²) >= 11 is 6.20. The fraction of sp³-hybridized carbons (Fsp3) is 0.333. The van der Waals surface area contributed by atoms with Gasteiger partial charge in [-0.2, -0.15) is 0 Å². The van der Waals surface area contributed by atoms with Gasteiger partial charge in [0.1, 0.15) is 5.75 Å². The quantitative estimate of drug-likeness (QED) is 0.810. The molecule has 0 spiro atoms. The summed E-state index contributed by atoms with van der Waals surface area (Å²) in [6.07, 6.45) is 0. The van der Waals surface area contributed by atoms with Gasteiger partial charge < -0.3 is 14.4 Å². The number of nitrogens with zero attached hydrogens (tertiary/aromatic N) is 1. The number of rotatable bonds is 6. The van der Waals surface area contributed by atoms with Gasteiger partial charge in [0.25, 0.3) is 10.0 Å². The molecule has 0 unspecified atom stereocenters. The first-order chi connectivity index (χ1) is 12.5. The minimum atomic E-state index is -3.75. The summed E-state index contributed by atoms with van der Waals surface area (Å²) in [5.74, 6) is 0.624. The zero-order valence-corrected chi connectivity index (χ0v) is 16.0. The molecule has 0 aromatic heterocycles. The molecule has 140 valence electrons. The van der Waals surface area contributed by atoms with Crippen molar-refractivity contribution in [3.05, 3.63) is 47.5 Å². The summed E-state index contributed by atoms with van der Waals surface area (Å²) in [5.41, 5.74) is 1.26. The average molecular weight is 397 g/mol. The van der Waals surface area contributed by atoms with Crippen LogP contribution in [-0.2, 0) is 14.8 Å². The van der Waals surface area contributed by atoms with E-state index in [0.717, 1.165) is 18.8 Å². The lowest BCUT2D eigenvalue weighted by Gasteiger charge is -2.29. The number of halogens is 1. The van der Waals surface area contributed by atoms with Gasteiger partial charge in [-0.3, -0.25) is 4.72 Å². The van der Waals surface area contributed by atoms with Gasteiger partial charge in [-0.05, 0) is 49.4 Å². The highest BCUT2D eigenvalue weighted by Gasteiger charge is 2.18. The Kier molecular flexibility index (Phi) is 5.90.